The Morgan fingerprint density at radius 1 is 1.02 bits per heavy atom. The van der Waals surface area contributed by atoms with Crippen LogP contribution < -0.4 is 16.0 Å². The van der Waals surface area contributed by atoms with E-state index < -0.39 is 8.53 Å². The Morgan fingerprint density at radius 2 is 1.72 bits per heavy atom. The Morgan fingerprint density at radius 3 is 2.40 bits per heavy atom. The number of hydrogen-bond acceptors (Lipinski definition) is 11. The SMILES string of the molecule is CN(C)P(OCCC#N)OC1(COCCOCCOCCOCCCNC(=O)CCCCC2SCC3NC(=O)NC32)CC1. The predicted octanol–water partition coefficient (Wildman–Crippen LogP) is 2.55. The molecule has 0 bridgehead atoms. The highest BCUT2D eigenvalue weighted by Gasteiger charge is 2.47. The minimum atomic E-state index is -1.19. The van der Waals surface area contributed by atoms with Gasteiger partial charge < -0.3 is 43.9 Å². The highest BCUT2D eigenvalue weighted by Crippen LogP contribution is 2.53. The maximum absolute atomic E-state index is 12.0. The zero-order valence-corrected chi connectivity index (χ0v) is 27.4. The highest BCUT2D eigenvalue weighted by atomic mass is 32.2. The normalized spacial score (nSPS) is 22.6. The molecule has 246 valence electrons. The zero-order valence-electron chi connectivity index (χ0n) is 25.7. The van der Waals surface area contributed by atoms with Crippen LogP contribution in [0.2, 0.25) is 0 Å². The Labute approximate surface area is 261 Å². The Bertz CT molecular complexity index is 865. The van der Waals surface area contributed by atoms with E-state index in [0.29, 0.717) is 84.1 Å². The second-order valence-electron chi connectivity index (χ2n) is 11.1. The number of carbonyl (C=O) groups excluding carboxylic acids is 2. The number of amides is 3. The fourth-order valence-electron chi connectivity index (χ4n) is 4.64. The van der Waals surface area contributed by atoms with Gasteiger partial charge >= 0.3 is 6.03 Å². The van der Waals surface area contributed by atoms with Crippen LogP contribution in [0.1, 0.15) is 51.4 Å². The summed E-state index contributed by atoms with van der Waals surface area (Å²) in [5.41, 5.74) is -0.286. The fourth-order valence-corrected chi connectivity index (χ4v) is 7.45. The lowest BCUT2D eigenvalue weighted by Crippen LogP contribution is -2.36. The molecule has 15 heteroatoms. The van der Waals surface area contributed by atoms with E-state index in [1.54, 1.807) is 0 Å². The van der Waals surface area contributed by atoms with Crippen molar-refractivity contribution < 1.29 is 37.6 Å². The summed E-state index contributed by atoms with van der Waals surface area (Å²) in [6, 6.07) is 2.51. The summed E-state index contributed by atoms with van der Waals surface area (Å²) in [7, 11) is 2.63. The number of hydrogen-bond donors (Lipinski definition) is 3. The number of thioether (sulfide) groups is 1. The highest BCUT2D eigenvalue weighted by molar-refractivity contribution is 8.00. The summed E-state index contributed by atoms with van der Waals surface area (Å²) in [5.74, 6) is 1.05. The van der Waals surface area contributed by atoms with Crippen molar-refractivity contribution in [1.82, 2.24) is 20.6 Å². The molecule has 3 rings (SSSR count). The first-order chi connectivity index (χ1) is 20.9. The molecule has 0 aromatic rings. The number of nitriles is 1. The molecule has 3 N–H and O–H groups in total. The van der Waals surface area contributed by atoms with Crippen molar-refractivity contribution >= 4 is 32.2 Å². The molecular formula is C28H50N5O8PS. The van der Waals surface area contributed by atoms with Crippen LogP contribution in [0, 0.1) is 11.3 Å². The van der Waals surface area contributed by atoms with Gasteiger partial charge in [-0.05, 0) is 46.2 Å². The maximum Gasteiger partial charge on any atom is 0.315 e. The second kappa shape index (κ2) is 20.7. The summed E-state index contributed by atoms with van der Waals surface area (Å²) >= 11 is 1.91. The molecule has 0 aromatic heterocycles. The molecule has 0 spiro atoms. The summed E-state index contributed by atoms with van der Waals surface area (Å²) in [4.78, 5) is 23.5. The van der Waals surface area contributed by atoms with Crippen LogP contribution in [-0.2, 0) is 32.8 Å². The van der Waals surface area contributed by atoms with Gasteiger partial charge in [0.2, 0.25) is 5.91 Å². The van der Waals surface area contributed by atoms with Gasteiger partial charge in [0.15, 0.2) is 0 Å². The molecule has 3 fully saturated rings. The molecule has 3 aliphatic rings. The minimum absolute atomic E-state index is 0.0549. The first-order valence-corrected chi connectivity index (χ1v) is 17.5. The van der Waals surface area contributed by atoms with Gasteiger partial charge in [0.1, 0.15) is 0 Å². The van der Waals surface area contributed by atoms with Gasteiger partial charge in [0.05, 0.1) is 83.0 Å². The topological polar surface area (TPSA) is 153 Å². The van der Waals surface area contributed by atoms with E-state index in [2.05, 4.69) is 22.0 Å². The largest absolute Gasteiger partial charge is 0.379 e. The molecule has 3 amide bonds. The number of rotatable bonds is 26. The second-order valence-corrected chi connectivity index (χ2v) is 14.1. The van der Waals surface area contributed by atoms with E-state index in [4.69, 9.17) is 33.3 Å². The number of nitrogens with one attached hydrogen (secondary N) is 3. The van der Waals surface area contributed by atoms with Crippen molar-refractivity contribution in [1.29, 1.82) is 5.26 Å². The monoisotopic (exact) mass is 647 g/mol. The van der Waals surface area contributed by atoms with Crippen LogP contribution in [-0.4, -0.2) is 125 Å². The first kappa shape index (κ1) is 36.2. The van der Waals surface area contributed by atoms with Gasteiger partial charge in [0, 0.05) is 30.6 Å². The molecule has 1 aliphatic carbocycles. The molecule has 4 atom stereocenters. The van der Waals surface area contributed by atoms with Gasteiger partial charge in [-0.25, -0.2) is 9.46 Å². The average Bonchev–Trinajstić information content (AvgIpc) is 3.50. The van der Waals surface area contributed by atoms with E-state index in [1.807, 2.05) is 30.5 Å². The average molecular weight is 648 g/mol. The van der Waals surface area contributed by atoms with Crippen molar-refractivity contribution in [2.75, 3.05) is 85.9 Å². The van der Waals surface area contributed by atoms with Crippen molar-refractivity contribution in [2.24, 2.45) is 0 Å². The predicted molar refractivity (Wildman–Crippen MR) is 165 cm³/mol. The molecule has 2 aliphatic heterocycles. The van der Waals surface area contributed by atoms with Crippen LogP contribution >= 0.6 is 20.3 Å². The third-order valence-electron chi connectivity index (χ3n) is 7.17. The smallest absolute Gasteiger partial charge is 0.315 e. The van der Waals surface area contributed by atoms with Crippen LogP contribution in [0.25, 0.3) is 0 Å². The number of unbranched alkanes of at least 4 members (excludes halogenated alkanes) is 1. The molecule has 0 radical (unpaired) electrons. The molecular weight excluding hydrogens is 597 g/mol. The van der Waals surface area contributed by atoms with E-state index in [1.165, 1.54) is 0 Å². The van der Waals surface area contributed by atoms with E-state index in [-0.39, 0.29) is 29.6 Å². The lowest BCUT2D eigenvalue weighted by atomic mass is 10.0. The van der Waals surface area contributed by atoms with Gasteiger partial charge in [-0.3, -0.25) is 4.79 Å². The third-order valence-corrected chi connectivity index (χ3v) is 10.3. The van der Waals surface area contributed by atoms with E-state index in [0.717, 1.165) is 44.3 Å². The number of ether oxygens (including phenoxy) is 4. The van der Waals surface area contributed by atoms with Crippen molar-refractivity contribution in [2.45, 2.75) is 74.3 Å². The van der Waals surface area contributed by atoms with E-state index in [9.17, 15) is 9.59 Å². The van der Waals surface area contributed by atoms with Crippen LogP contribution in [0.3, 0.4) is 0 Å². The lowest BCUT2D eigenvalue weighted by Gasteiger charge is -2.27. The Balaban J connectivity index is 1.03. The summed E-state index contributed by atoms with van der Waals surface area (Å²) in [6.07, 6.45) is 6.40. The van der Waals surface area contributed by atoms with Crippen molar-refractivity contribution in [3.8, 4) is 6.07 Å². The minimum Gasteiger partial charge on any atom is -0.379 e. The van der Waals surface area contributed by atoms with Gasteiger partial charge in [-0.1, -0.05) is 6.42 Å². The summed E-state index contributed by atoms with van der Waals surface area (Å²) in [5, 5.41) is 18.1. The van der Waals surface area contributed by atoms with Crippen molar-refractivity contribution in [3.63, 3.8) is 0 Å². The van der Waals surface area contributed by atoms with Crippen LogP contribution in [0.15, 0.2) is 0 Å². The van der Waals surface area contributed by atoms with Crippen molar-refractivity contribution in [3.05, 3.63) is 0 Å². The third kappa shape index (κ3) is 14.6. The molecule has 43 heavy (non-hydrogen) atoms. The lowest BCUT2D eigenvalue weighted by molar-refractivity contribution is -0.121. The van der Waals surface area contributed by atoms with Gasteiger partial charge in [0.25, 0.3) is 8.53 Å². The summed E-state index contributed by atoms with van der Waals surface area (Å²) < 4.78 is 36.2. The molecule has 0 aromatic carbocycles. The Hall–Kier alpha value is -1.27. The van der Waals surface area contributed by atoms with Gasteiger partial charge in [-0.15, -0.1) is 0 Å². The van der Waals surface area contributed by atoms with E-state index >= 15 is 0 Å². The molecule has 13 nitrogen and oxygen atoms in total. The first-order valence-electron chi connectivity index (χ1n) is 15.3. The van der Waals surface area contributed by atoms with Crippen LogP contribution in [0.4, 0.5) is 4.79 Å². The standard InChI is InChI=1S/C28H50N5O8PS/c1-33(2)42(40-14-5-11-29)41-28(9-10-28)22-39-20-19-38-18-17-37-16-15-36-13-6-12-30-25(34)8-4-3-7-24-26-23(21-43-24)31-27(35)32-26/h23-24,26H,3-10,12-22H2,1-2H3,(H,30,34)(H2,31,32,35). The number of urea groups is 1. The summed E-state index contributed by atoms with van der Waals surface area (Å²) in [6.45, 7) is 5.01. The van der Waals surface area contributed by atoms with Gasteiger partial charge in [-0.2, -0.15) is 17.0 Å². The van der Waals surface area contributed by atoms with Crippen LogP contribution in [0.5, 0.6) is 0 Å². The molecule has 4 unspecified atom stereocenters. The maximum atomic E-state index is 12.0. The number of nitrogens with zero attached hydrogens (tertiary/aromatic N) is 2. The zero-order chi connectivity index (χ0) is 30.8. The number of carbonyl (C=O) groups is 2. The Kier molecular flexibility index (Phi) is 17.4. The molecule has 2 saturated heterocycles. The molecule has 1 saturated carbocycles. The fraction of sp³-hybridized carbons (Fsp3) is 0.893. The molecule has 2 heterocycles. The number of fused-ring (bicyclic) bond motifs is 1. The quantitative estimate of drug-likeness (QED) is 0.0722.